The number of rotatable bonds is 6. The summed E-state index contributed by atoms with van der Waals surface area (Å²) in [5, 5.41) is 12.3. The van der Waals surface area contributed by atoms with Gasteiger partial charge in [-0.25, -0.2) is 14.8 Å². The normalized spacial score (nSPS) is 16.7. The second-order valence-electron chi connectivity index (χ2n) is 8.90. The van der Waals surface area contributed by atoms with Crippen LogP contribution in [0.1, 0.15) is 10.4 Å². The van der Waals surface area contributed by atoms with Crippen LogP contribution >= 0.6 is 0 Å². The smallest absolute Gasteiger partial charge is 0.368 e. The zero-order valence-corrected chi connectivity index (χ0v) is 21.2. The highest BCUT2D eigenvalue weighted by Crippen LogP contribution is 2.23. The number of carbonyl (C=O) groups is 3. The van der Waals surface area contributed by atoms with Crippen molar-refractivity contribution < 1.29 is 24.1 Å². The summed E-state index contributed by atoms with van der Waals surface area (Å²) in [5.74, 6) is -1.89. The molecule has 0 bridgehead atoms. The molecule has 0 atom stereocenters. The molecule has 2 saturated heterocycles. The minimum absolute atomic E-state index is 0.000914. The van der Waals surface area contributed by atoms with Crippen LogP contribution in [0, 0.1) is 10.1 Å². The fourth-order valence-corrected chi connectivity index (χ4v) is 4.31. The Morgan fingerprint density at radius 1 is 0.875 bits per heavy atom. The van der Waals surface area contributed by atoms with E-state index in [9.17, 15) is 24.5 Å². The lowest BCUT2D eigenvalue weighted by Crippen LogP contribution is -2.50. The molecule has 2 aliphatic rings. The predicted molar refractivity (Wildman–Crippen MR) is 146 cm³/mol. The van der Waals surface area contributed by atoms with Crippen molar-refractivity contribution >= 4 is 40.6 Å². The van der Waals surface area contributed by atoms with Crippen molar-refractivity contribution in [2.24, 2.45) is 4.99 Å². The molecule has 2 amide bonds. The van der Waals surface area contributed by atoms with Gasteiger partial charge in [-0.2, -0.15) is 0 Å². The van der Waals surface area contributed by atoms with E-state index in [-0.39, 0.29) is 17.1 Å². The number of hydrogen-bond acceptors (Lipinski definition) is 9. The number of anilines is 2. The van der Waals surface area contributed by atoms with Gasteiger partial charge < -0.3 is 14.6 Å². The van der Waals surface area contributed by atoms with Crippen molar-refractivity contribution in [3.63, 3.8) is 0 Å². The zero-order valence-electron chi connectivity index (χ0n) is 21.2. The van der Waals surface area contributed by atoms with E-state index in [4.69, 9.17) is 4.84 Å². The number of nitro benzene ring substituents is 1. The number of para-hydroxylation sites is 1. The SMILES string of the molecule is O=C1ONN(c2ccccc2)C1=CC(=NC(=O)c1ccccc1)C(=O)N1CCN(c2ccc([N+](=O)[O-])cc2)CC1. The topological polar surface area (TPSA) is 138 Å². The van der Waals surface area contributed by atoms with Gasteiger partial charge in [0.2, 0.25) is 0 Å². The Kier molecular flexibility index (Phi) is 7.60. The number of hydrogen-bond donors (Lipinski definition) is 1. The van der Waals surface area contributed by atoms with Crippen LogP contribution in [0.25, 0.3) is 0 Å². The summed E-state index contributed by atoms with van der Waals surface area (Å²) in [5.41, 5.74) is 3.96. The number of carbonyl (C=O) groups excluding carboxylic acids is 3. The van der Waals surface area contributed by atoms with E-state index in [1.807, 2.05) is 11.0 Å². The standard InChI is InChI=1S/C28H24N6O6/c35-26(20-7-3-1-4-8-20)29-24(19-25-28(37)40-30-33(25)22-9-5-2-6-10-22)27(36)32-17-15-31(16-18-32)21-11-13-23(14-12-21)34(38)39/h1-14,19,30H,15-18H2. The van der Waals surface area contributed by atoms with Gasteiger partial charge in [0.15, 0.2) is 5.70 Å². The highest BCUT2D eigenvalue weighted by Gasteiger charge is 2.32. The molecule has 12 nitrogen and oxygen atoms in total. The van der Waals surface area contributed by atoms with Crippen molar-refractivity contribution in [2.45, 2.75) is 0 Å². The van der Waals surface area contributed by atoms with Crippen LogP contribution in [0.2, 0.25) is 0 Å². The molecular weight excluding hydrogens is 516 g/mol. The van der Waals surface area contributed by atoms with Crippen molar-refractivity contribution in [1.29, 1.82) is 0 Å². The average molecular weight is 541 g/mol. The maximum Gasteiger partial charge on any atom is 0.376 e. The molecule has 40 heavy (non-hydrogen) atoms. The van der Waals surface area contributed by atoms with E-state index < -0.39 is 22.7 Å². The molecule has 12 heteroatoms. The first-order valence-electron chi connectivity index (χ1n) is 12.4. The predicted octanol–water partition coefficient (Wildman–Crippen LogP) is 2.89. The lowest BCUT2D eigenvalue weighted by molar-refractivity contribution is -0.384. The summed E-state index contributed by atoms with van der Waals surface area (Å²) in [6.07, 6.45) is 1.25. The monoisotopic (exact) mass is 540 g/mol. The number of aliphatic imine (C=N–C) groups is 1. The minimum atomic E-state index is -0.737. The Hall–Kier alpha value is -5.36. The molecule has 5 rings (SSSR count). The molecule has 1 N–H and O–H groups in total. The van der Waals surface area contributed by atoms with Crippen molar-refractivity contribution in [3.05, 3.63) is 112 Å². The Labute approximate surface area is 228 Å². The maximum absolute atomic E-state index is 13.7. The molecule has 2 heterocycles. The first-order valence-corrected chi connectivity index (χ1v) is 12.4. The third kappa shape index (κ3) is 5.71. The third-order valence-corrected chi connectivity index (χ3v) is 6.42. The van der Waals surface area contributed by atoms with Crippen LogP contribution < -0.4 is 15.5 Å². The second-order valence-corrected chi connectivity index (χ2v) is 8.90. The molecule has 202 valence electrons. The highest BCUT2D eigenvalue weighted by molar-refractivity contribution is 6.45. The number of non-ortho nitro benzene ring substituents is 1. The molecule has 2 aliphatic heterocycles. The third-order valence-electron chi connectivity index (χ3n) is 6.42. The zero-order chi connectivity index (χ0) is 28.1. The first-order chi connectivity index (χ1) is 19.4. The van der Waals surface area contributed by atoms with Gasteiger partial charge in [-0.05, 0) is 36.4 Å². The first kappa shape index (κ1) is 26.3. The molecule has 3 aromatic rings. The molecule has 3 aromatic carbocycles. The highest BCUT2D eigenvalue weighted by atomic mass is 16.7. The molecule has 0 saturated carbocycles. The summed E-state index contributed by atoms with van der Waals surface area (Å²) in [6, 6.07) is 23.4. The van der Waals surface area contributed by atoms with E-state index in [1.54, 1.807) is 71.6 Å². The number of nitrogens with one attached hydrogen (secondary N) is 1. The number of hydrazine groups is 1. The van der Waals surface area contributed by atoms with Crippen LogP contribution in [0.4, 0.5) is 17.1 Å². The van der Waals surface area contributed by atoms with Crippen LogP contribution in [0.5, 0.6) is 0 Å². The van der Waals surface area contributed by atoms with Gasteiger partial charge in [0, 0.05) is 55.6 Å². The van der Waals surface area contributed by atoms with E-state index in [1.165, 1.54) is 23.2 Å². The van der Waals surface area contributed by atoms with Crippen LogP contribution in [0.3, 0.4) is 0 Å². The van der Waals surface area contributed by atoms with Gasteiger partial charge in [0.25, 0.3) is 17.5 Å². The minimum Gasteiger partial charge on any atom is -0.368 e. The van der Waals surface area contributed by atoms with Gasteiger partial charge in [-0.15, -0.1) is 0 Å². The summed E-state index contributed by atoms with van der Waals surface area (Å²) >= 11 is 0. The summed E-state index contributed by atoms with van der Waals surface area (Å²) < 4.78 is 0. The average Bonchev–Trinajstić information content (AvgIpc) is 3.37. The van der Waals surface area contributed by atoms with Gasteiger partial charge in [0.1, 0.15) is 5.71 Å². The van der Waals surface area contributed by atoms with Crippen molar-refractivity contribution in [1.82, 2.24) is 10.5 Å². The van der Waals surface area contributed by atoms with Crippen LogP contribution in [-0.2, 0) is 14.4 Å². The molecule has 0 unspecified atom stereocenters. The van der Waals surface area contributed by atoms with Crippen LogP contribution in [0.15, 0.2) is 102 Å². The fraction of sp³-hybridized carbons (Fsp3) is 0.143. The molecule has 0 aromatic heterocycles. The van der Waals surface area contributed by atoms with Crippen molar-refractivity contribution in [2.75, 3.05) is 36.1 Å². The van der Waals surface area contributed by atoms with Gasteiger partial charge in [0.05, 0.1) is 10.6 Å². The Bertz CT molecular complexity index is 1480. The van der Waals surface area contributed by atoms with Gasteiger partial charge in [-0.3, -0.25) is 19.7 Å². The summed E-state index contributed by atoms with van der Waals surface area (Å²) in [6.45, 7) is 1.53. The molecule has 0 spiro atoms. The lowest BCUT2D eigenvalue weighted by Gasteiger charge is -2.36. The maximum atomic E-state index is 13.7. The van der Waals surface area contributed by atoms with E-state index >= 15 is 0 Å². The molecule has 2 fully saturated rings. The Morgan fingerprint density at radius 3 is 2.12 bits per heavy atom. The number of piperazine rings is 1. The van der Waals surface area contributed by atoms with E-state index in [0.717, 1.165) is 5.69 Å². The molecular formula is C28H24N6O6. The summed E-state index contributed by atoms with van der Waals surface area (Å²) in [7, 11) is 0. The van der Waals surface area contributed by atoms with Crippen LogP contribution in [-0.4, -0.2) is 59.5 Å². The Balaban J connectivity index is 1.40. The summed E-state index contributed by atoms with van der Waals surface area (Å²) in [4.78, 5) is 62.4. The fourth-order valence-electron chi connectivity index (χ4n) is 4.31. The molecule has 0 aliphatic carbocycles. The number of nitrogens with zero attached hydrogens (tertiary/aromatic N) is 5. The van der Waals surface area contributed by atoms with E-state index in [0.29, 0.717) is 37.4 Å². The number of benzene rings is 3. The largest absolute Gasteiger partial charge is 0.376 e. The number of amides is 2. The van der Waals surface area contributed by atoms with E-state index in [2.05, 4.69) is 10.6 Å². The second kappa shape index (κ2) is 11.6. The lowest BCUT2D eigenvalue weighted by atomic mass is 10.1. The van der Waals surface area contributed by atoms with Crippen molar-refractivity contribution in [3.8, 4) is 0 Å². The Morgan fingerprint density at radius 2 is 1.50 bits per heavy atom. The van der Waals surface area contributed by atoms with Gasteiger partial charge in [-0.1, -0.05) is 42.0 Å². The molecule has 0 radical (unpaired) electrons. The number of nitro groups is 1. The van der Waals surface area contributed by atoms with Gasteiger partial charge >= 0.3 is 5.97 Å². The quantitative estimate of drug-likeness (QED) is 0.216.